The van der Waals surface area contributed by atoms with Crippen LogP contribution in [0.25, 0.3) is 0 Å². The highest BCUT2D eigenvalue weighted by Crippen LogP contribution is 2.22. The van der Waals surface area contributed by atoms with Gasteiger partial charge in [-0.05, 0) is 26.0 Å². The Hall–Kier alpha value is -2.16. The molecular formula is C14H16F2N2O2. The third-order valence-electron chi connectivity index (χ3n) is 2.72. The first-order chi connectivity index (χ1) is 9.49. The number of benzene rings is 1. The topological polar surface area (TPSA) is 53.3 Å². The van der Waals surface area contributed by atoms with Gasteiger partial charge in [0.05, 0.1) is 17.6 Å². The van der Waals surface area contributed by atoms with Crippen LogP contribution in [0.2, 0.25) is 0 Å². The minimum atomic E-state index is -2.99. The number of hydrogen-bond donors (Lipinski definition) is 0. The van der Waals surface area contributed by atoms with Crippen LogP contribution >= 0.6 is 0 Å². The third kappa shape index (κ3) is 4.19. The number of carbonyl (C=O) groups excluding carboxylic acids is 1. The summed E-state index contributed by atoms with van der Waals surface area (Å²) in [6, 6.07) is 7.88. The SMILES string of the molecule is CCN(CC(C)C#N)C(=O)c1ccccc1OC(F)F. The third-order valence-corrected chi connectivity index (χ3v) is 2.72. The van der Waals surface area contributed by atoms with Crippen molar-refractivity contribution in [1.29, 1.82) is 5.26 Å². The zero-order valence-corrected chi connectivity index (χ0v) is 11.3. The van der Waals surface area contributed by atoms with Gasteiger partial charge in [0.2, 0.25) is 0 Å². The number of carbonyl (C=O) groups is 1. The molecular weight excluding hydrogens is 266 g/mol. The fourth-order valence-electron chi connectivity index (χ4n) is 1.74. The molecule has 0 aliphatic heterocycles. The van der Waals surface area contributed by atoms with Crippen molar-refractivity contribution >= 4 is 5.91 Å². The minimum Gasteiger partial charge on any atom is -0.434 e. The molecule has 1 aromatic carbocycles. The summed E-state index contributed by atoms with van der Waals surface area (Å²) in [6.07, 6.45) is 0. The van der Waals surface area contributed by atoms with Crippen molar-refractivity contribution in [1.82, 2.24) is 4.90 Å². The number of nitriles is 1. The van der Waals surface area contributed by atoms with E-state index in [-0.39, 0.29) is 23.8 Å². The van der Waals surface area contributed by atoms with E-state index in [0.29, 0.717) is 6.54 Å². The molecule has 0 aliphatic carbocycles. The van der Waals surface area contributed by atoms with Crippen molar-refractivity contribution in [2.45, 2.75) is 20.5 Å². The Morgan fingerprint density at radius 3 is 2.65 bits per heavy atom. The fraction of sp³-hybridized carbons (Fsp3) is 0.429. The molecule has 0 heterocycles. The lowest BCUT2D eigenvalue weighted by molar-refractivity contribution is -0.0502. The van der Waals surface area contributed by atoms with Gasteiger partial charge in [0, 0.05) is 13.1 Å². The molecule has 0 radical (unpaired) electrons. The maximum Gasteiger partial charge on any atom is 0.387 e. The molecule has 20 heavy (non-hydrogen) atoms. The van der Waals surface area contributed by atoms with E-state index in [4.69, 9.17) is 5.26 Å². The van der Waals surface area contributed by atoms with Crippen molar-refractivity contribution in [3.8, 4) is 11.8 Å². The molecule has 1 rings (SSSR count). The molecule has 0 saturated heterocycles. The Balaban J connectivity index is 2.98. The van der Waals surface area contributed by atoms with Crippen LogP contribution in [0.15, 0.2) is 24.3 Å². The Morgan fingerprint density at radius 1 is 1.45 bits per heavy atom. The molecule has 0 spiro atoms. The van der Waals surface area contributed by atoms with Gasteiger partial charge in [-0.2, -0.15) is 14.0 Å². The second-order valence-electron chi connectivity index (χ2n) is 4.25. The van der Waals surface area contributed by atoms with Gasteiger partial charge in [-0.3, -0.25) is 4.79 Å². The van der Waals surface area contributed by atoms with Crippen LogP contribution in [0.3, 0.4) is 0 Å². The van der Waals surface area contributed by atoms with Gasteiger partial charge in [-0.1, -0.05) is 12.1 Å². The fourth-order valence-corrected chi connectivity index (χ4v) is 1.74. The van der Waals surface area contributed by atoms with Gasteiger partial charge in [0.25, 0.3) is 5.91 Å². The number of rotatable bonds is 6. The van der Waals surface area contributed by atoms with Crippen LogP contribution in [-0.4, -0.2) is 30.5 Å². The summed E-state index contributed by atoms with van der Waals surface area (Å²) in [5, 5.41) is 8.79. The number of amides is 1. The standard InChI is InChI=1S/C14H16F2N2O2/c1-3-18(9-10(2)8-17)13(19)11-6-4-5-7-12(11)20-14(15)16/h4-7,10,14H,3,9H2,1-2H3. The largest absolute Gasteiger partial charge is 0.434 e. The van der Waals surface area contributed by atoms with Crippen LogP contribution in [0.5, 0.6) is 5.75 Å². The van der Waals surface area contributed by atoms with E-state index in [1.54, 1.807) is 19.9 Å². The second-order valence-corrected chi connectivity index (χ2v) is 4.25. The molecule has 1 aromatic rings. The molecule has 1 unspecified atom stereocenters. The molecule has 0 N–H and O–H groups in total. The number of halogens is 2. The van der Waals surface area contributed by atoms with Crippen LogP contribution in [-0.2, 0) is 0 Å². The summed E-state index contributed by atoms with van der Waals surface area (Å²) in [5.74, 6) is -0.913. The van der Waals surface area contributed by atoms with Crippen LogP contribution in [0.1, 0.15) is 24.2 Å². The average molecular weight is 282 g/mol. The molecule has 0 fully saturated rings. The second kappa shape index (κ2) is 7.43. The zero-order valence-electron chi connectivity index (χ0n) is 11.3. The average Bonchev–Trinajstić information content (AvgIpc) is 2.43. The predicted octanol–water partition coefficient (Wildman–Crippen LogP) is 2.91. The quantitative estimate of drug-likeness (QED) is 0.806. The van der Waals surface area contributed by atoms with E-state index in [2.05, 4.69) is 4.74 Å². The minimum absolute atomic E-state index is 0.0692. The predicted molar refractivity (Wildman–Crippen MR) is 69.4 cm³/mol. The van der Waals surface area contributed by atoms with Crippen LogP contribution in [0, 0.1) is 17.2 Å². The molecule has 6 heteroatoms. The van der Waals surface area contributed by atoms with Crippen molar-refractivity contribution in [2.75, 3.05) is 13.1 Å². The summed E-state index contributed by atoms with van der Waals surface area (Å²) in [6.45, 7) is 1.09. The lowest BCUT2D eigenvalue weighted by Gasteiger charge is -2.23. The number of nitrogens with zero attached hydrogens (tertiary/aromatic N) is 2. The van der Waals surface area contributed by atoms with Crippen molar-refractivity contribution in [3.05, 3.63) is 29.8 Å². The number of hydrogen-bond acceptors (Lipinski definition) is 3. The van der Waals surface area contributed by atoms with Gasteiger partial charge in [-0.15, -0.1) is 0 Å². The summed E-state index contributed by atoms with van der Waals surface area (Å²) < 4.78 is 29.0. The molecule has 0 aliphatic rings. The van der Waals surface area contributed by atoms with Gasteiger partial charge < -0.3 is 9.64 Å². The molecule has 1 atom stereocenters. The molecule has 4 nitrogen and oxygen atoms in total. The zero-order chi connectivity index (χ0) is 15.1. The first-order valence-corrected chi connectivity index (χ1v) is 6.22. The van der Waals surface area contributed by atoms with E-state index in [1.807, 2.05) is 6.07 Å². The van der Waals surface area contributed by atoms with Crippen molar-refractivity contribution < 1.29 is 18.3 Å². The number of ether oxygens (including phenoxy) is 1. The molecule has 0 bridgehead atoms. The Morgan fingerprint density at radius 2 is 2.10 bits per heavy atom. The van der Waals surface area contributed by atoms with Crippen molar-refractivity contribution in [3.63, 3.8) is 0 Å². The Bertz CT molecular complexity index is 500. The maximum absolute atomic E-state index is 12.3. The number of alkyl halides is 2. The highest BCUT2D eigenvalue weighted by molar-refractivity contribution is 5.96. The summed E-state index contributed by atoms with van der Waals surface area (Å²) in [5.41, 5.74) is 0.0692. The summed E-state index contributed by atoms with van der Waals surface area (Å²) >= 11 is 0. The maximum atomic E-state index is 12.3. The van der Waals surface area contributed by atoms with Gasteiger partial charge >= 0.3 is 6.61 Å². The monoisotopic (exact) mass is 282 g/mol. The lowest BCUT2D eigenvalue weighted by Crippen LogP contribution is -2.34. The van der Waals surface area contributed by atoms with Crippen LogP contribution in [0.4, 0.5) is 8.78 Å². The van der Waals surface area contributed by atoms with Gasteiger partial charge in [0.1, 0.15) is 5.75 Å². The summed E-state index contributed by atoms with van der Waals surface area (Å²) in [7, 11) is 0. The van der Waals surface area contributed by atoms with E-state index in [0.717, 1.165) is 0 Å². The highest BCUT2D eigenvalue weighted by atomic mass is 19.3. The molecule has 0 saturated carbocycles. The van der Waals surface area contributed by atoms with E-state index in [9.17, 15) is 13.6 Å². The normalized spacial score (nSPS) is 11.8. The van der Waals surface area contributed by atoms with E-state index >= 15 is 0 Å². The molecule has 1 amide bonds. The molecule has 108 valence electrons. The van der Waals surface area contributed by atoms with Gasteiger partial charge in [0.15, 0.2) is 0 Å². The van der Waals surface area contributed by atoms with Crippen LogP contribution < -0.4 is 4.74 Å². The van der Waals surface area contributed by atoms with Gasteiger partial charge in [-0.25, -0.2) is 0 Å². The number of para-hydroxylation sites is 1. The highest BCUT2D eigenvalue weighted by Gasteiger charge is 2.21. The summed E-state index contributed by atoms with van der Waals surface area (Å²) in [4.78, 5) is 13.8. The lowest BCUT2D eigenvalue weighted by atomic mass is 10.1. The van der Waals surface area contributed by atoms with E-state index < -0.39 is 12.5 Å². The first-order valence-electron chi connectivity index (χ1n) is 6.22. The first kappa shape index (κ1) is 15.9. The molecule has 0 aromatic heterocycles. The smallest absolute Gasteiger partial charge is 0.387 e. The van der Waals surface area contributed by atoms with Crippen molar-refractivity contribution in [2.24, 2.45) is 5.92 Å². The Labute approximate surface area is 116 Å². The Kier molecular flexibility index (Phi) is 5.91. The van der Waals surface area contributed by atoms with E-state index in [1.165, 1.54) is 23.1 Å².